The largest absolute Gasteiger partial charge is 0.340 e. The Labute approximate surface area is 60.6 Å². The van der Waals surface area contributed by atoms with Gasteiger partial charge in [0, 0.05) is 26.2 Å². The topological polar surface area (TPSA) is 23.6 Å². The smallest absolute Gasteiger partial charge is 0.236 e. The second-order valence-electron chi connectivity index (χ2n) is 3.01. The van der Waals surface area contributed by atoms with Crippen molar-refractivity contribution in [2.45, 2.75) is 6.42 Å². The molecular weight excluding hydrogens is 128 g/mol. The van der Waals surface area contributed by atoms with Gasteiger partial charge in [0.2, 0.25) is 5.91 Å². The number of rotatable bonds is 0. The number of piperazine rings is 1. The molecule has 0 N–H and O–H groups in total. The van der Waals surface area contributed by atoms with E-state index in [0.717, 1.165) is 32.6 Å². The number of nitrogens with zero attached hydrogens (tertiary/aromatic N) is 2. The zero-order valence-electron chi connectivity index (χ0n) is 6.05. The van der Waals surface area contributed by atoms with Gasteiger partial charge in [-0.15, -0.1) is 0 Å². The second-order valence-corrected chi connectivity index (χ2v) is 3.01. The molecule has 0 radical (unpaired) electrons. The Morgan fingerprint density at radius 2 is 2.00 bits per heavy atom. The lowest BCUT2D eigenvalue weighted by molar-refractivity contribution is -0.134. The standard InChI is InChI=1S/C7H12N2O/c10-7-6-8-2-1-3-9(7)5-4-8/h1-6H2. The van der Waals surface area contributed by atoms with Crippen LogP contribution in [0.2, 0.25) is 0 Å². The molecule has 3 fully saturated rings. The summed E-state index contributed by atoms with van der Waals surface area (Å²) in [7, 11) is 0. The SMILES string of the molecule is O=C1CN2CCCN1CC2. The van der Waals surface area contributed by atoms with Crippen LogP contribution in [-0.4, -0.2) is 48.4 Å². The average molecular weight is 140 g/mol. The summed E-state index contributed by atoms with van der Waals surface area (Å²) < 4.78 is 0. The Balaban J connectivity index is 2.15. The van der Waals surface area contributed by atoms with E-state index in [9.17, 15) is 4.79 Å². The molecule has 3 nitrogen and oxygen atoms in total. The van der Waals surface area contributed by atoms with Crippen LogP contribution in [0.3, 0.4) is 0 Å². The minimum absolute atomic E-state index is 0.323. The lowest BCUT2D eigenvalue weighted by atomic mass is 10.3. The Hall–Kier alpha value is -0.570. The molecular formula is C7H12N2O. The van der Waals surface area contributed by atoms with Crippen LogP contribution in [-0.2, 0) is 4.79 Å². The molecule has 3 heterocycles. The number of hydrogen-bond donors (Lipinski definition) is 0. The molecule has 1 amide bonds. The zero-order chi connectivity index (χ0) is 6.97. The van der Waals surface area contributed by atoms with E-state index in [1.807, 2.05) is 4.90 Å². The molecule has 0 aromatic heterocycles. The van der Waals surface area contributed by atoms with E-state index in [1.165, 1.54) is 0 Å². The number of amides is 1. The van der Waals surface area contributed by atoms with Crippen molar-refractivity contribution in [1.82, 2.24) is 9.80 Å². The van der Waals surface area contributed by atoms with Gasteiger partial charge >= 0.3 is 0 Å². The predicted octanol–water partition coefficient (Wildman–Crippen LogP) is -0.466. The molecule has 3 rings (SSSR count). The molecule has 0 aromatic carbocycles. The van der Waals surface area contributed by atoms with Crippen LogP contribution in [0.15, 0.2) is 0 Å². The molecule has 56 valence electrons. The van der Waals surface area contributed by atoms with Crippen LogP contribution in [0, 0.1) is 0 Å². The third kappa shape index (κ3) is 0.904. The summed E-state index contributed by atoms with van der Waals surface area (Å²) in [6, 6.07) is 0. The Morgan fingerprint density at radius 3 is 2.80 bits per heavy atom. The van der Waals surface area contributed by atoms with Crippen molar-refractivity contribution in [3.63, 3.8) is 0 Å². The quantitative estimate of drug-likeness (QED) is 0.454. The maximum Gasteiger partial charge on any atom is 0.236 e. The van der Waals surface area contributed by atoms with E-state index in [0.29, 0.717) is 12.5 Å². The average Bonchev–Trinajstić information content (AvgIpc) is 2.20. The van der Waals surface area contributed by atoms with Gasteiger partial charge in [0.1, 0.15) is 0 Å². The van der Waals surface area contributed by atoms with Gasteiger partial charge in [-0.05, 0) is 6.42 Å². The Morgan fingerprint density at radius 1 is 1.10 bits per heavy atom. The third-order valence-corrected chi connectivity index (χ3v) is 2.30. The van der Waals surface area contributed by atoms with Gasteiger partial charge in [0.25, 0.3) is 0 Å². The Bertz CT molecular complexity index is 154. The molecule has 2 bridgehead atoms. The van der Waals surface area contributed by atoms with Gasteiger partial charge in [-0.25, -0.2) is 0 Å². The maximum atomic E-state index is 11.2. The van der Waals surface area contributed by atoms with Crippen LogP contribution in [0.25, 0.3) is 0 Å². The van der Waals surface area contributed by atoms with Crippen molar-refractivity contribution in [3.8, 4) is 0 Å². The van der Waals surface area contributed by atoms with E-state index in [1.54, 1.807) is 0 Å². The maximum absolute atomic E-state index is 11.2. The highest BCUT2D eigenvalue weighted by atomic mass is 16.2. The first-order valence-corrected chi connectivity index (χ1v) is 3.86. The number of fused-ring (bicyclic) bond motifs is 4. The summed E-state index contributed by atoms with van der Waals surface area (Å²) in [6.45, 7) is 4.81. The molecule has 0 aromatic rings. The minimum Gasteiger partial charge on any atom is -0.340 e. The van der Waals surface area contributed by atoms with Gasteiger partial charge in [-0.2, -0.15) is 0 Å². The van der Waals surface area contributed by atoms with Crippen LogP contribution in [0.4, 0.5) is 0 Å². The zero-order valence-corrected chi connectivity index (χ0v) is 6.05. The van der Waals surface area contributed by atoms with Gasteiger partial charge in [-0.1, -0.05) is 0 Å². The van der Waals surface area contributed by atoms with E-state index >= 15 is 0 Å². The van der Waals surface area contributed by atoms with E-state index in [2.05, 4.69) is 4.90 Å². The molecule has 3 aliphatic heterocycles. The summed E-state index contributed by atoms with van der Waals surface area (Å²) in [6.07, 6.45) is 1.16. The summed E-state index contributed by atoms with van der Waals surface area (Å²) in [5.74, 6) is 0.323. The molecule has 1 atom stereocenters. The highest BCUT2D eigenvalue weighted by molar-refractivity contribution is 5.79. The summed E-state index contributed by atoms with van der Waals surface area (Å²) >= 11 is 0. The van der Waals surface area contributed by atoms with Crippen LogP contribution in [0.5, 0.6) is 0 Å². The molecule has 1 unspecified atom stereocenters. The normalized spacial score (nSPS) is 32.6. The van der Waals surface area contributed by atoms with Crippen molar-refractivity contribution in [2.75, 3.05) is 32.7 Å². The third-order valence-electron chi connectivity index (χ3n) is 2.30. The number of hydrogen-bond acceptors (Lipinski definition) is 2. The molecule has 0 saturated carbocycles. The van der Waals surface area contributed by atoms with Gasteiger partial charge < -0.3 is 4.90 Å². The summed E-state index contributed by atoms with van der Waals surface area (Å²) in [4.78, 5) is 15.4. The first-order valence-electron chi connectivity index (χ1n) is 3.86. The van der Waals surface area contributed by atoms with Crippen molar-refractivity contribution in [3.05, 3.63) is 0 Å². The van der Waals surface area contributed by atoms with E-state index in [-0.39, 0.29) is 0 Å². The van der Waals surface area contributed by atoms with Crippen molar-refractivity contribution >= 4 is 5.91 Å². The molecule has 0 spiro atoms. The number of carbonyl (C=O) groups is 1. The molecule has 10 heavy (non-hydrogen) atoms. The van der Waals surface area contributed by atoms with Crippen LogP contribution < -0.4 is 0 Å². The highest BCUT2D eigenvalue weighted by Gasteiger charge is 2.26. The molecule has 3 heteroatoms. The lowest BCUT2D eigenvalue weighted by Crippen LogP contribution is -2.46. The summed E-state index contributed by atoms with van der Waals surface area (Å²) in [5, 5.41) is 0. The first kappa shape index (κ1) is 6.16. The highest BCUT2D eigenvalue weighted by Crippen LogP contribution is 2.09. The van der Waals surface area contributed by atoms with Gasteiger partial charge in [-0.3, -0.25) is 9.69 Å². The molecule has 3 saturated heterocycles. The molecule has 0 aliphatic carbocycles. The minimum atomic E-state index is 0.323. The van der Waals surface area contributed by atoms with Crippen LogP contribution >= 0.6 is 0 Å². The van der Waals surface area contributed by atoms with Crippen molar-refractivity contribution in [2.24, 2.45) is 0 Å². The summed E-state index contributed by atoms with van der Waals surface area (Å²) in [5.41, 5.74) is 0. The van der Waals surface area contributed by atoms with Crippen LogP contribution in [0.1, 0.15) is 6.42 Å². The number of carbonyl (C=O) groups excluding carboxylic acids is 1. The monoisotopic (exact) mass is 140 g/mol. The predicted molar refractivity (Wildman–Crippen MR) is 37.6 cm³/mol. The molecule has 3 aliphatic rings. The van der Waals surface area contributed by atoms with Gasteiger partial charge in [0.05, 0.1) is 6.54 Å². The Kier molecular flexibility index (Phi) is 1.38. The lowest BCUT2D eigenvalue weighted by Gasteiger charge is -2.28. The van der Waals surface area contributed by atoms with E-state index in [4.69, 9.17) is 0 Å². The van der Waals surface area contributed by atoms with Crippen molar-refractivity contribution in [1.29, 1.82) is 0 Å². The fourth-order valence-corrected chi connectivity index (χ4v) is 1.67. The van der Waals surface area contributed by atoms with Gasteiger partial charge in [0.15, 0.2) is 0 Å². The fourth-order valence-electron chi connectivity index (χ4n) is 1.67. The fraction of sp³-hybridized carbons (Fsp3) is 0.857. The first-order chi connectivity index (χ1) is 4.86. The van der Waals surface area contributed by atoms with Crippen molar-refractivity contribution < 1.29 is 4.79 Å². The van der Waals surface area contributed by atoms with E-state index < -0.39 is 0 Å². The second kappa shape index (κ2) is 2.23.